The zero-order chi connectivity index (χ0) is 16.3. The molecule has 120 valence electrons. The first kappa shape index (κ1) is 16.3. The van der Waals surface area contributed by atoms with Crippen LogP contribution in [-0.4, -0.2) is 31.0 Å². The van der Waals surface area contributed by atoms with Crippen molar-refractivity contribution in [2.45, 2.75) is 38.8 Å². The van der Waals surface area contributed by atoms with E-state index in [4.69, 9.17) is 4.74 Å². The van der Waals surface area contributed by atoms with Crippen molar-refractivity contribution in [2.24, 2.45) is 5.92 Å². The van der Waals surface area contributed by atoms with Crippen LogP contribution in [0.2, 0.25) is 0 Å². The van der Waals surface area contributed by atoms with Crippen molar-refractivity contribution < 1.29 is 18.7 Å². The largest absolute Gasteiger partial charge is 0.477 e. The molecule has 0 saturated carbocycles. The summed E-state index contributed by atoms with van der Waals surface area (Å²) >= 11 is 0. The fraction of sp³-hybridized carbons (Fsp3) is 0.500. The molecule has 6 heteroatoms. The Kier molecular flexibility index (Phi) is 5.00. The fourth-order valence-electron chi connectivity index (χ4n) is 2.52. The summed E-state index contributed by atoms with van der Waals surface area (Å²) in [5, 5.41) is 5.24. The molecule has 2 N–H and O–H groups in total. The third-order valence-corrected chi connectivity index (χ3v) is 3.59. The molecule has 1 heterocycles. The van der Waals surface area contributed by atoms with Gasteiger partial charge in [0.15, 0.2) is 17.7 Å². The third-order valence-electron chi connectivity index (χ3n) is 3.59. The van der Waals surface area contributed by atoms with Gasteiger partial charge in [-0.05, 0) is 18.4 Å². The third kappa shape index (κ3) is 3.55. The van der Waals surface area contributed by atoms with Gasteiger partial charge in [0, 0.05) is 19.0 Å². The lowest BCUT2D eigenvalue weighted by molar-refractivity contribution is -0.132. The summed E-state index contributed by atoms with van der Waals surface area (Å²) in [6.45, 7) is 3.94. The first-order chi connectivity index (χ1) is 10.4. The number of ether oxygens (including phenoxy) is 1. The number of benzene rings is 1. The van der Waals surface area contributed by atoms with E-state index < -0.39 is 23.9 Å². The topological polar surface area (TPSA) is 67.4 Å². The highest BCUT2D eigenvalue weighted by Crippen LogP contribution is 2.31. The number of para-hydroxylation sites is 1. The van der Waals surface area contributed by atoms with Crippen molar-refractivity contribution in [1.82, 2.24) is 10.6 Å². The van der Waals surface area contributed by atoms with Crippen LogP contribution in [0.4, 0.5) is 4.39 Å². The van der Waals surface area contributed by atoms with E-state index in [1.807, 2.05) is 13.8 Å². The van der Waals surface area contributed by atoms with Crippen LogP contribution in [0.3, 0.4) is 0 Å². The van der Waals surface area contributed by atoms with Crippen LogP contribution >= 0.6 is 0 Å². The maximum atomic E-state index is 13.6. The monoisotopic (exact) mass is 308 g/mol. The number of hydrogen-bond acceptors (Lipinski definition) is 3. The SMILES string of the molecule is CNC(=O)[C@H](CC(C)C)NC(=O)[C@@H]1Cc2cccc(F)c2O1. The molecule has 1 aliphatic heterocycles. The molecule has 2 rings (SSSR count). The molecule has 0 saturated heterocycles. The minimum absolute atomic E-state index is 0.128. The zero-order valence-corrected chi connectivity index (χ0v) is 13.0. The standard InChI is InChI=1S/C16H21FN2O3/c1-9(2)7-12(15(20)18-3)19-16(21)13-8-10-5-4-6-11(17)14(10)22-13/h4-6,9,12-13H,7-8H2,1-3H3,(H,18,20)(H,19,21)/t12-,13-/m0/s1. The molecule has 5 nitrogen and oxygen atoms in total. The van der Waals surface area contributed by atoms with Crippen LogP contribution in [0.1, 0.15) is 25.8 Å². The summed E-state index contributed by atoms with van der Waals surface area (Å²) in [4.78, 5) is 24.1. The number of likely N-dealkylation sites (N-methyl/N-ethyl adjacent to an activating group) is 1. The molecular formula is C16H21FN2O3. The summed E-state index contributed by atoms with van der Waals surface area (Å²) in [6, 6.07) is 4.00. The van der Waals surface area contributed by atoms with Crippen molar-refractivity contribution in [3.05, 3.63) is 29.6 Å². The minimum Gasteiger partial charge on any atom is -0.477 e. The molecule has 1 aromatic rings. The molecule has 0 unspecified atom stereocenters. The second-order valence-electron chi connectivity index (χ2n) is 5.84. The van der Waals surface area contributed by atoms with Gasteiger partial charge >= 0.3 is 0 Å². The Morgan fingerprint density at radius 2 is 2.14 bits per heavy atom. The van der Waals surface area contributed by atoms with Gasteiger partial charge in [0.25, 0.3) is 5.91 Å². The first-order valence-corrected chi connectivity index (χ1v) is 7.38. The van der Waals surface area contributed by atoms with Crippen molar-refractivity contribution in [3.8, 4) is 5.75 Å². The number of fused-ring (bicyclic) bond motifs is 1. The Labute approximate surface area is 129 Å². The number of halogens is 1. The van der Waals surface area contributed by atoms with E-state index in [1.54, 1.807) is 12.1 Å². The van der Waals surface area contributed by atoms with E-state index in [0.29, 0.717) is 18.4 Å². The van der Waals surface area contributed by atoms with Gasteiger partial charge in [-0.1, -0.05) is 26.0 Å². The first-order valence-electron chi connectivity index (χ1n) is 7.38. The molecule has 0 fully saturated rings. The number of carbonyl (C=O) groups is 2. The number of carbonyl (C=O) groups excluding carboxylic acids is 2. The lowest BCUT2D eigenvalue weighted by Gasteiger charge is -2.21. The normalized spacial score (nSPS) is 17.6. The van der Waals surface area contributed by atoms with Crippen LogP contribution in [0, 0.1) is 11.7 Å². The number of amides is 2. The Morgan fingerprint density at radius 1 is 1.41 bits per heavy atom. The van der Waals surface area contributed by atoms with Gasteiger partial charge in [-0.3, -0.25) is 9.59 Å². The molecule has 0 aromatic heterocycles. The highest BCUT2D eigenvalue weighted by atomic mass is 19.1. The lowest BCUT2D eigenvalue weighted by Crippen LogP contribution is -2.50. The number of nitrogens with one attached hydrogen (secondary N) is 2. The van der Waals surface area contributed by atoms with Crippen LogP contribution in [0.5, 0.6) is 5.75 Å². The minimum atomic E-state index is -0.800. The maximum absolute atomic E-state index is 13.6. The average molecular weight is 308 g/mol. The molecule has 0 radical (unpaired) electrons. The zero-order valence-electron chi connectivity index (χ0n) is 13.0. The summed E-state index contributed by atoms with van der Waals surface area (Å²) in [6.07, 6.45) is 0.0340. The summed E-state index contributed by atoms with van der Waals surface area (Å²) in [7, 11) is 1.53. The molecule has 0 aliphatic carbocycles. The molecular weight excluding hydrogens is 287 g/mol. The summed E-state index contributed by atoms with van der Waals surface area (Å²) in [5.41, 5.74) is 0.667. The van der Waals surface area contributed by atoms with Gasteiger partial charge in [0.2, 0.25) is 5.91 Å². The Hall–Kier alpha value is -2.11. The number of hydrogen-bond donors (Lipinski definition) is 2. The maximum Gasteiger partial charge on any atom is 0.262 e. The van der Waals surface area contributed by atoms with E-state index in [2.05, 4.69) is 10.6 Å². The van der Waals surface area contributed by atoms with Crippen molar-refractivity contribution >= 4 is 11.8 Å². The highest BCUT2D eigenvalue weighted by molar-refractivity contribution is 5.89. The van der Waals surface area contributed by atoms with Gasteiger partial charge < -0.3 is 15.4 Å². The quantitative estimate of drug-likeness (QED) is 0.864. The second-order valence-corrected chi connectivity index (χ2v) is 5.84. The highest BCUT2D eigenvalue weighted by Gasteiger charge is 2.33. The smallest absolute Gasteiger partial charge is 0.262 e. The van der Waals surface area contributed by atoms with Gasteiger partial charge in [-0.15, -0.1) is 0 Å². The molecule has 1 aromatic carbocycles. The fourth-order valence-corrected chi connectivity index (χ4v) is 2.52. The molecule has 1 aliphatic rings. The Morgan fingerprint density at radius 3 is 2.73 bits per heavy atom. The second kappa shape index (κ2) is 6.77. The van der Waals surface area contributed by atoms with E-state index in [0.717, 1.165) is 0 Å². The molecule has 2 atom stereocenters. The lowest BCUT2D eigenvalue weighted by atomic mass is 10.0. The van der Waals surface area contributed by atoms with E-state index in [-0.39, 0.29) is 17.6 Å². The molecule has 0 spiro atoms. The van der Waals surface area contributed by atoms with Crippen LogP contribution < -0.4 is 15.4 Å². The number of rotatable bonds is 5. The van der Waals surface area contributed by atoms with Crippen LogP contribution in [-0.2, 0) is 16.0 Å². The summed E-state index contributed by atoms with van der Waals surface area (Å²) in [5.74, 6) is -0.740. The Bertz CT molecular complexity index is 575. The van der Waals surface area contributed by atoms with E-state index >= 15 is 0 Å². The van der Waals surface area contributed by atoms with Gasteiger partial charge in [-0.2, -0.15) is 0 Å². The molecule has 22 heavy (non-hydrogen) atoms. The van der Waals surface area contributed by atoms with Crippen LogP contribution in [0.15, 0.2) is 18.2 Å². The van der Waals surface area contributed by atoms with Gasteiger partial charge in [0.1, 0.15) is 6.04 Å². The van der Waals surface area contributed by atoms with Crippen molar-refractivity contribution in [3.63, 3.8) is 0 Å². The van der Waals surface area contributed by atoms with Crippen molar-refractivity contribution in [1.29, 1.82) is 0 Å². The molecule has 0 bridgehead atoms. The predicted molar refractivity (Wildman–Crippen MR) is 80.0 cm³/mol. The van der Waals surface area contributed by atoms with Crippen molar-refractivity contribution in [2.75, 3.05) is 7.05 Å². The Balaban J connectivity index is 2.03. The average Bonchev–Trinajstić information content (AvgIpc) is 2.91. The van der Waals surface area contributed by atoms with Gasteiger partial charge in [-0.25, -0.2) is 4.39 Å². The van der Waals surface area contributed by atoms with Crippen LogP contribution in [0.25, 0.3) is 0 Å². The summed E-state index contributed by atoms with van der Waals surface area (Å²) < 4.78 is 19.0. The van der Waals surface area contributed by atoms with E-state index in [1.165, 1.54) is 13.1 Å². The molecule has 2 amide bonds. The predicted octanol–water partition coefficient (Wildman–Crippen LogP) is 1.41. The van der Waals surface area contributed by atoms with E-state index in [9.17, 15) is 14.0 Å². The van der Waals surface area contributed by atoms with Gasteiger partial charge in [0.05, 0.1) is 0 Å².